The largest absolute Gasteiger partial charge is 0.493 e. The van der Waals surface area contributed by atoms with Gasteiger partial charge in [0.15, 0.2) is 11.5 Å². The van der Waals surface area contributed by atoms with Crippen molar-refractivity contribution in [3.8, 4) is 17.3 Å². The lowest BCUT2D eigenvalue weighted by molar-refractivity contribution is 0.417. The minimum Gasteiger partial charge on any atom is -0.493 e. The first kappa shape index (κ1) is 8.96. The molecule has 0 saturated carbocycles. The van der Waals surface area contributed by atoms with Gasteiger partial charge in [-0.3, -0.25) is 4.40 Å². The molecule has 0 fully saturated rings. The van der Waals surface area contributed by atoms with Crippen LogP contribution in [0.1, 0.15) is 0 Å². The van der Waals surface area contributed by atoms with Crippen LogP contribution in [0.4, 0.5) is 0 Å². The Kier molecular flexibility index (Phi) is 1.89. The van der Waals surface area contributed by atoms with Crippen LogP contribution in [0, 0.1) is 0 Å². The molecule has 0 aliphatic heterocycles. The number of rotatable bonds is 2. The second kappa shape index (κ2) is 3.37. The summed E-state index contributed by atoms with van der Waals surface area (Å²) in [6.07, 6.45) is 3.48. The van der Waals surface area contributed by atoms with E-state index in [1.54, 1.807) is 13.4 Å². The summed E-state index contributed by atoms with van der Waals surface area (Å²) < 4.78 is 12.3. The van der Waals surface area contributed by atoms with Crippen molar-refractivity contribution in [1.82, 2.24) is 14.6 Å². The lowest BCUT2D eigenvalue weighted by Gasteiger charge is -2.00. The maximum absolute atomic E-state index is 5.30. The monoisotopic (exact) mass is 215 g/mol. The van der Waals surface area contributed by atoms with Gasteiger partial charge in [0.05, 0.1) is 13.4 Å². The number of hydrogen-bond donors (Lipinski definition) is 0. The van der Waals surface area contributed by atoms with Gasteiger partial charge in [-0.25, -0.2) is 0 Å². The highest BCUT2D eigenvalue weighted by Gasteiger charge is 2.12. The van der Waals surface area contributed by atoms with E-state index in [1.807, 2.05) is 34.9 Å². The van der Waals surface area contributed by atoms with E-state index in [0.29, 0.717) is 23.0 Å². The van der Waals surface area contributed by atoms with E-state index in [9.17, 15) is 0 Å². The first-order chi connectivity index (χ1) is 7.90. The smallest absolute Gasteiger partial charge is 0.204 e. The number of ether oxygens (including phenoxy) is 1. The van der Waals surface area contributed by atoms with Crippen LogP contribution in [0.15, 0.2) is 41.1 Å². The van der Waals surface area contributed by atoms with Gasteiger partial charge in [-0.2, -0.15) is 0 Å². The third-order valence-corrected chi connectivity index (χ3v) is 2.36. The fraction of sp³-hybridized carbons (Fsp3) is 0.0909. The van der Waals surface area contributed by atoms with Gasteiger partial charge >= 0.3 is 0 Å². The van der Waals surface area contributed by atoms with Crippen molar-refractivity contribution in [2.75, 3.05) is 7.11 Å². The van der Waals surface area contributed by atoms with Gasteiger partial charge in [0, 0.05) is 6.20 Å². The molecule has 0 N–H and O–H groups in total. The van der Waals surface area contributed by atoms with Crippen LogP contribution >= 0.6 is 0 Å². The Morgan fingerprint density at radius 2 is 2.19 bits per heavy atom. The molecule has 5 heteroatoms. The molecule has 3 heterocycles. The number of pyridine rings is 1. The Morgan fingerprint density at radius 3 is 2.94 bits per heavy atom. The Bertz CT molecular complexity index is 613. The summed E-state index contributed by atoms with van der Waals surface area (Å²) >= 11 is 0. The molecular weight excluding hydrogens is 206 g/mol. The SMILES string of the molecule is COc1cccn2c(-c3ccco3)nnc12. The Labute approximate surface area is 91.3 Å². The highest BCUT2D eigenvalue weighted by Crippen LogP contribution is 2.23. The molecule has 3 aromatic rings. The molecule has 16 heavy (non-hydrogen) atoms. The maximum atomic E-state index is 5.30. The molecule has 0 unspecified atom stereocenters. The van der Waals surface area contributed by atoms with Gasteiger partial charge in [0.1, 0.15) is 0 Å². The van der Waals surface area contributed by atoms with Gasteiger partial charge in [-0.05, 0) is 24.3 Å². The predicted octanol–water partition coefficient (Wildman–Crippen LogP) is 2.00. The average molecular weight is 215 g/mol. The molecule has 0 saturated heterocycles. The molecule has 0 aliphatic rings. The summed E-state index contributed by atoms with van der Waals surface area (Å²) in [5.74, 6) is 2.03. The number of furan rings is 1. The van der Waals surface area contributed by atoms with E-state index < -0.39 is 0 Å². The molecule has 0 amide bonds. The second-order valence-corrected chi connectivity index (χ2v) is 3.27. The Balaban J connectivity index is 2.29. The number of hydrogen-bond acceptors (Lipinski definition) is 4. The highest BCUT2D eigenvalue weighted by atomic mass is 16.5. The topological polar surface area (TPSA) is 52.6 Å². The number of fused-ring (bicyclic) bond motifs is 1. The van der Waals surface area contributed by atoms with Crippen LogP contribution < -0.4 is 4.74 Å². The molecule has 0 radical (unpaired) electrons. The zero-order valence-electron chi connectivity index (χ0n) is 8.62. The van der Waals surface area contributed by atoms with Crippen LogP contribution in [0.2, 0.25) is 0 Å². The van der Waals surface area contributed by atoms with Gasteiger partial charge in [-0.15, -0.1) is 10.2 Å². The molecule has 0 atom stereocenters. The van der Waals surface area contributed by atoms with E-state index in [2.05, 4.69) is 10.2 Å². The second-order valence-electron chi connectivity index (χ2n) is 3.27. The molecular formula is C11H9N3O2. The fourth-order valence-corrected chi connectivity index (χ4v) is 1.62. The zero-order valence-corrected chi connectivity index (χ0v) is 8.62. The first-order valence-electron chi connectivity index (χ1n) is 4.82. The van der Waals surface area contributed by atoms with Crippen molar-refractivity contribution < 1.29 is 9.15 Å². The van der Waals surface area contributed by atoms with Crippen LogP contribution in [0.25, 0.3) is 17.2 Å². The van der Waals surface area contributed by atoms with E-state index in [1.165, 1.54) is 0 Å². The molecule has 0 spiro atoms. The summed E-state index contributed by atoms with van der Waals surface area (Å²) in [7, 11) is 1.61. The van der Waals surface area contributed by atoms with Crippen molar-refractivity contribution in [2.24, 2.45) is 0 Å². The zero-order chi connectivity index (χ0) is 11.0. The number of nitrogens with zero attached hydrogens (tertiary/aromatic N) is 3. The third kappa shape index (κ3) is 1.18. The van der Waals surface area contributed by atoms with Gasteiger partial charge in [0.25, 0.3) is 0 Å². The molecule has 0 bridgehead atoms. The van der Waals surface area contributed by atoms with Crippen molar-refractivity contribution >= 4 is 5.65 Å². The third-order valence-electron chi connectivity index (χ3n) is 2.36. The lowest BCUT2D eigenvalue weighted by Crippen LogP contribution is -1.91. The summed E-state index contributed by atoms with van der Waals surface area (Å²) in [5, 5.41) is 8.16. The number of methoxy groups -OCH3 is 1. The van der Waals surface area contributed by atoms with Gasteiger partial charge < -0.3 is 9.15 Å². The Hall–Kier alpha value is -2.30. The molecule has 0 aromatic carbocycles. The van der Waals surface area contributed by atoms with Crippen molar-refractivity contribution in [1.29, 1.82) is 0 Å². The van der Waals surface area contributed by atoms with Crippen LogP contribution in [-0.2, 0) is 0 Å². The predicted molar refractivity (Wildman–Crippen MR) is 57.2 cm³/mol. The van der Waals surface area contributed by atoms with E-state index in [4.69, 9.17) is 9.15 Å². The molecule has 3 rings (SSSR count). The summed E-state index contributed by atoms with van der Waals surface area (Å²) in [5.41, 5.74) is 0.677. The van der Waals surface area contributed by atoms with Crippen molar-refractivity contribution in [3.63, 3.8) is 0 Å². The van der Waals surface area contributed by atoms with Crippen molar-refractivity contribution in [2.45, 2.75) is 0 Å². The minimum atomic E-state index is 0.666. The van der Waals surface area contributed by atoms with E-state index in [-0.39, 0.29) is 0 Å². The van der Waals surface area contributed by atoms with Gasteiger partial charge in [0.2, 0.25) is 11.5 Å². The van der Waals surface area contributed by atoms with Crippen LogP contribution in [0.5, 0.6) is 5.75 Å². The van der Waals surface area contributed by atoms with Crippen LogP contribution in [0.3, 0.4) is 0 Å². The molecule has 80 valence electrons. The molecule has 3 aromatic heterocycles. The number of aromatic nitrogens is 3. The summed E-state index contributed by atoms with van der Waals surface area (Å²) in [6.45, 7) is 0. The average Bonchev–Trinajstić information content (AvgIpc) is 2.96. The molecule has 5 nitrogen and oxygen atoms in total. The van der Waals surface area contributed by atoms with Crippen molar-refractivity contribution in [3.05, 3.63) is 36.7 Å². The van der Waals surface area contributed by atoms with E-state index >= 15 is 0 Å². The van der Waals surface area contributed by atoms with Crippen LogP contribution in [-0.4, -0.2) is 21.7 Å². The summed E-state index contributed by atoms with van der Waals surface area (Å²) in [6, 6.07) is 7.38. The minimum absolute atomic E-state index is 0.666. The highest BCUT2D eigenvalue weighted by molar-refractivity contribution is 5.60. The normalized spacial score (nSPS) is 10.8. The Morgan fingerprint density at radius 1 is 1.25 bits per heavy atom. The fourth-order valence-electron chi connectivity index (χ4n) is 1.62. The maximum Gasteiger partial charge on any atom is 0.204 e. The standard InChI is InChI=1S/C11H9N3O2/c1-15-8-4-2-6-14-10(8)12-13-11(14)9-5-3-7-16-9/h2-7H,1H3. The van der Waals surface area contributed by atoms with E-state index in [0.717, 1.165) is 0 Å². The lowest BCUT2D eigenvalue weighted by atomic mass is 10.4. The first-order valence-corrected chi connectivity index (χ1v) is 4.82. The molecule has 0 aliphatic carbocycles. The summed E-state index contributed by atoms with van der Waals surface area (Å²) in [4.78, 5) is 0. The quantitative estimate of drug-likeness (QED) is 0.656. The van der Waals surface area contributed by atoms with Gasteiger partial charge in [-0.1, -0.05) is 0 Å².